The SMILES string of the molecule is CC(C)c1ccc(C(=O)Nc2ccccc2Sc2nccn2C)cc1. The predicted octanol–water partition coefficient (Wildman–Crippen LogP) is 4.95. The second-order valence-electron chi connectivity index (χ2n) is 6.15. The fraction of sp³-hybridized carbons (Fsp3) is 0.200. The summed E-state index contributed by atoms with van der Waals surface area (Å²) in [4.78, 5) is 17.9. The number of amides is 1. The van der Waals surface area contributed by atoms with E-state index in [0.717, 1.165) is 15.7 Å². The van der Waals surface area contributed by atoms with Crippen LogP contribution in [0.3, 0.4) is 0 Å². The van der Waals surface area contributed by atoms with E-state index < -0.39 is 0 Å². The lowest BCUT2D eigenvalue weighted by atomic mass is 10.0. The van der Waals surface area contributed by atoms with Crippen LogP contribution in [-0.4, -0.2) is 15.5 Å². The molecular formula is C20H21N3OS. The van der Waals surface area contributed by atoms with Crippen LogP contribution in [0.2, 0.25) is 0 Å². The summed E-state index contributed by atoms with van der Waals surface area (Å²) in [6, 6.07) is 15.5. The quantitative estimate of drug-likeness (QED) is 0.708. The van der Waals surface area contributed by atoms with Gasteiger partial charge in [0.25, 0.3) is 5.91 Å². The molecule has 0 radical (unpaired) electrons. The van der Waals surface area contributed by atoms with E-state index in [0.29, 0.717) is 11.5 Å². The fourth-order valence-electron chi connectivity index (χ4n) is 2.42. The third kappa shape index (κ3) is 4.12. The zero-order valence-electron chi connectivity index (χ0n) is 14.6. The first-order valence-corrected chi connectivity index (χ1v) is 9.02. The van der Waals surface area contributed by atoms with Crippen LogP contribution in [-0.2, 0) is 7.05 Å². The monoisotopic (exact) mass is 351 g/mol. The molecule has 0 fully saturated rings. The van der Waals surface area contributed by atoms with Gasteiger partial charge >= 0.3 is 0 Å². The van der Waals surface area contributed by atoms with Crippen LogP contribution in [0.5, 0.6) is 0 Å². The van der Waals surface area contributed by atoms with Gasteiger partial charge in [0.2, 0.25) is 0 Å². The third-order valence-corrected chi connectivity index (χ3v) is 5.10. The van der Waals surface area contributed by atoms with Gasteiger partial charge in [-0.15, -0.1) is 0 Å². The Labute approximate surface area is 152 Å². The Morgan fingerprint density at radius 3 is 2.48 bits per heavy atom. The Hall–Kier alpha value is -2.53. The van der Waals surface area contributed by atoms with Crippen LogP contribution in [0.15, 0.2) is 71.0 Å². The smallest absolute Gasteiger partial charge is 0.255 e. The molecule has 0 saturated carbocycles. The molecule has 0 spiro atoms. The summed E-state index contributed by atoms with van der Waals surface area (Å²) in [5.74, 6) is 0.343. The van der Waals surface area contributed by atoms with Crippen LogP contribution in [0.1, 0.15) is 35.7 Å². The normalized spacial score (nSPS) is 10.9. The van der Waals surface area contributed by atoms with Crippen molar-refractivity contribution in [3.05, 3.63) is 72.1 Å². The molecule has 128 valence electrons. The van der Waals surface area contributed by atoms with Gasteiger partial charge in [-0.2, -0.15) is 0 Å². The minimum absolute atomic E-state index is 0.108. The molecule has 1 heterocycles. The number of aromatic nitrogens is 2. The molecule has 0 bridgehead atoms. The maximum Gasteiger partial charge on any atom is 0.255 e. The Morgan fingerprint density at radius 2 is 1.84 bits per heavy atom. The summed E-state index contributed by atoms with van der Waals surface area (Å²) < 4.78 is 1.95. The number of hydrogen-bond donors (Lipinski definition) is 1. The number of benzene rings is 2. The predicted molar refractivity (Wildman–Crippen MR) is 102 cm³/mol. The van der Waals surface area contributed by atoms with Gasteiger partial charge in [0.05, 0.1) is 5.69 Å². The van der Waals surface area contributed by atoms with Gasteiger partial charge in [0, 0.05) is 29.9 Å². The van der Waals surface area contributed by atoms with Crippen molar-refractivity contribution >= 4 is 23.4 Å². The highest BCUT2D eigenvalue weighted by atomic mass is 32.2. The molecule has 1 amide bonds. The van der Waals surface area contributed by atoms with Crippen LogP contribution in [0, 0.1) is 0 Å². The van der Waals surface area contributed by atoms with Crippen molar-refractivity contribution in [2.45, 2.75) is 29.8 Å². The van der Waals surface area contributed by atoms with E-state index in [1.807, 2.05) is 66.3 Å². The second-order valence-corrected chi connectivity index (χ2v) is 7.16. The molecule has 2 aromatic carbocycles. The van der Waals surface area contributed by atoms with Crippen molar-refractivity contribution in [1.29, 1.82) is 0 Å². The standard InChI is InChI=1S/C20H21N3OS/c1-14(2)15-8-10-16(11-9-15)19(24)22-17-6-4-5-7-18(17)25-20-21-12-13-23(20)3/h4-14H,1-3H3,(H,22,24). The number of aryl methyl sites for hydroxylation is 1. The Balaban J connectivity index is 1.78. The highest BCUT2D eigenvalue weighted by molar-refractivity contribution is 7.99. The summed E-state index contributed by atoms with van der Waals surface area (Å²) in [7, 11) is 1.95. The zero-order valence-corrected chi connectivity index (χ0v) is 15.4. The van der Waals surface area contributed by atoms with Gasteiger partial charge in [-0.3, -0.25) is 4.79 Å². The molecule has 3 aromatic rings. The van der Waals surface area contributed by atoms with Gasteiger partial charge in [-0.1, -0.05) is 38.1 Å². The van der Waals surface area contributed by atoms with Crippen molar-refractivity contribution in [3.8, 4) is 0 Å². The molecule has 1 aromatic heterocycles. The van der Waals surface area contributed by atoms with Gasteiger partial charge in [-0.05, 0) is 47.5 Å². The molecule has 0 saturated heterocycles. The number of anilines is 1. The number of carbonyl (C=O) groups excluding carboxylic acids is 1. The summed E-state index contributed by atoms with van der Waals surface area (Å²) in [6.45, 7) is 4.28. The fourth-order valence-corrected chi connectivity index (χ4v) is 3.31. The average molecular weight is 351 g/mol. The molecule has 0 aliphatic carbocycles. The lowest BCUT2D eigenvalue weighted by molar-refractivity contribution is 0.102. The molecule has 0 aliphatic heterocycles. The van der Waals surface area contributed by atoms with E-state index in [-0.39, 0.29) is 5.91 Å². The molecule has 0 unspecified atom stereocenters. The first-order chi connectivity index (χ1) is 12.0. The number of para-hydroxylation sites is 1. The lowest BCUT2D eigenvalue weighted by Gasteiger charge is -2.11. The molecule has 1 N–H and O–H groups in total. The summed E-state index contributed by atoms with van der Waals surface area (Å²) in [6.07, 6.45) is 3.67. The largest absolute Gasteiger partial charge is 0.329 e. The maximum atomic E-state index is 12.6. The van der Waals surface area contributed by atoms with E-state index in [1.165, 1.54) is 17.3 Å². The summed E-state index contributed by atoms with van der Waals surface area (Å²) >= 11 is 1.53. The number of nitrogens with one attached hydrogen (secondary N) is 1. The minimum Gasteiger partial charge on any atom is -0.329 e. The maximum absolute atomic E-state index is 12.6. The van der Waals surface area contributed by atoms with Crippen molar-refractivity contribution in [1.82, 2.24) is 9.55 Å². The van der Waals surface area contributed by atoms with Crippen molar-refractivity contribution in [3.63, 3.8) is 0 Å². The first kappa shape index (κ1) is 17.3. The average Bonchev–Trinajstić information content (AvgIpc) is 3.01. The second kappa shape index (κ2) is 7.57. The highest BCUT2D eigenvalue weighted by Gasteiger charge is 2.12. The van der Waals surface area contributed by atoms with Crippen molar-refractivity contribution < 1.29 is 4.79 Å². The van der Waals surface area contributed by atoms with Crippen molar-refractivity contribution in [2.75, 3.05) is 5.32 Å². The van der Waals surface area contributed by atoms with E-state index in [2.05, 4.69) is 24.1 Å². The number of hydrogen-bond acceptors (Lipinski definition) is 3. The van der Waals surface area contributed by atoms with Crippen molar-refractivity contribution in [2.24, 2.45) is 7.05 Å². The Kier molecular flexibility index (Phi) is 5.24. The number of carbonyl (C=O) groups is 1. The summed E-state index contributed by atoms with van der Waals surface area (Å²) in [5.41, 5.74) is 2.66. The molecule has 25 heavy (non-hydrogen) atoms. The number of nitrogens with zero attached hydrogens (tertiary/aromatic N) is 2. The zero-order chi connectivity index (χ0) is 17.8. The van der Waals surface area contributed by atoms with Gasteiger partial charge in [-0.25, -0.2) is 4.98 Å². The lowest BCUT2D eigenvalue weighted by Crippen LogP contribution is -2.12. The van der Waals surface area contributed by atoms with E-state index >= 15 is 0 Å². The van der Waals surface area contributed by atoms with Crippen LogP contribution in [0.25, 0.3) is 0 Å². The highest BCUT2D eigenvalue weighted by Crippen LogP contribution is 2.32. The van der Waals surface area contributed by atoms with Crippen LogP contribution < -0.4 is 5.32 Å². The van der Waals surface area contributed by atoms with E-state index in [4.69, 9.17) is 0 Å². The molecule has 3 rings (SSSR count). The number of rotatable bonds is 5. The van der Waals surface area contributed by atoms with Crippen LogP contribution in [0.4, 0.5) is 5.69 Å². The molecule has 0 aliphatic rings. The van der Waals surface area contributed by atoms with Gasteiger partial charge in [0.1, 0.15) is 0 Å². The number of imidazole rings is 1. The minimum atomic E-state index is -0.108. The van der Waals surface area contributed by atoms with Crippen LogP contribution >= 0.6 is 11.8 Å². The summed E-state index contributed by atoms with van der Waals surface area (Å²) in [5, 5.41) is 3.89. The Morgan fingerprint density at radius 1 is 1.12 bits per heavy atom. The molecular weight excluding hydrogens is 330 g/mol. The molecule has 5 heteroatoms. The van der Waals surface area contributed by atoms with E-state index in [9.17, 15) is 4.79 Å². The molecule has 4 nitrogen and oxygen atoms in total. The van der Waals surface area contributed by atoms with Gasteiger partial charge in [0.15, 0.2) is 5.16 Å². The van der Waals surface area contributed by atoms with E-state index in [1.54, 1.807) is 6.20 Å². The topological polar surface area (TPSA) is 46.9 Å². The molecule has 0 atom stereocenters. The third-order valence-electron chi connectivity index (χ3n) is 3.95. The van der Waals surface area contributed by atoms with Gasteiger partial charge < -0.3 is 9.88 Å². The Bertz CT molecular complexity index is 869. The first-order valence-electron chi connectivity index (χ1n) is 8.20.